The maximum atomic E-state index is 12.5. The van der Waals surface area contributed by atoms with Crippen LogP contribution in [0, 0.1) is 0 Å². The molecule has 2 N–H and O–H groups in total. The minimum Gasteiger partial charge on any atom is -0.481 e. The van der Waals surface area contributed by atoms with Gasteiger partial charge in [-0.2, -0.15) is 0 Å². The molecule has 1 atom stereocenters. The molecule has 7 heteroatoms. The van der Waals surface area contributed by atoms with Crippen molar-refractivity contribution in [3.05, 3.63) is 94.0 Å². The Morgan fingerprint density at radius 3 is 2.33 bits per heavy atom. The third-order valence-electron chi connectivity index (χ3n) is 4.31. The molecule has 0 spiro atoms. The van der Waals surface area contributed by atoms with E-state index in [-0.39, 0.29) is 18.7 Å². The van der Waals surface area contributed by atoms with Crippen molar-refractivity contribution in [1.29, 1.82) is 0 Å². The number of carbonyl (C=O) groups excluding carboxylic acids is 1. The smallest absolute Gasteiger partial charge is 0.305 e. The van der Waals surface area contributed by atoms with Crippen LogP contribution in [0.5, 0.6) is 11.5 Å². The average Bonchev–Trinajstić information content (AvgIpc) is 2.71. The fourth-order valence-corrected chi connectivity index (χ4v) is 3.21. The highest BCUT2D eigenvalue weighted by Gasteiger charge is 2.19. The number of ether oxygens (including phenoxy) is 1. The van der Waals surface area contributed by atoms with Crippen LogP contribution in [0.3, 0.4) is 0 Å². The zero-order valence-corrected chi connectivity index (χ0v) is 17.4. The van der Waals surface area contributed by atoms with E-state index in [0.717, 1.165) is 5.56 Å². The summed E-state index contributed by atoms with van der Waals surface area (Å²) < 4.78 is 5.81. The summed E-state index contributed by atoms with van der Waals surface area (Å²) in [7, 11) is 0. The first kappa shape index (κ1) is 21.7. The highest BCUT2D eigenvalue weighted by atomic mass is 35.5. The van der Waals surface area contributed by atoms with Crippen molar-refractivity contribution < 1.29 is 19.4 Å². The summed E-state index contributed by atoms with van der Waals surface area (Å²) >= 11 is 11.9. The van der Waals surface area contributed by atoms with E-state index < -0.39 is 12.0 Å². The van der Waals surface area contributed by atoms with Crippen molar-refractivity contribution in [2.45, 2.75) is 18.9 Å². The Hall–Kier alpha value is -3.02. The third-order valence-corrected chi connectivity index (χ3v) is 5.05. The van der Waals surface area contributed by atoms with Crippen LogP contribution < -0.4 is 10.1 Å². The van der Waals surface area contributed by atoms with Gasteiger partial charge in [-0.05, 0) is 35.4 Å². The van der Waals surface area contributed by atoms with E-state index in [1.807, 2.05) is 30.3 Å². The standard InChI is InChI=1S/C23H19Cl2NO4/c24-19-10-9-18(13-20(19)25)30-17-8-4-7-16(12-17)21(14-23(28)29)26-22(27)11-15-5-2-1-3-6-15/h1-10,12-13,21H,11,14H2,(H,26,27)(H,28,29). The summed E-state index contributed by atoms with van der Waals surface area (Å²) in [4.78, 5) is 23.8. The number of aliphatic carboxylic acids is 1. The lowest BCUT2D eigenvalue weighted by Gasteiger charge is -2.18. The summed E-state index contributed by atoms with van der Waals surface area (Å²) in [5, 5.41) is 12.9. The molecule has 0 heterocycles. The molecule has 0 aromatic heterocycles. The van der Waals surface area contributed by atoms with Crippen LogP contribution >= 0.6 is 23.2 Å². The van der Waals surface area contributed by atoms with Crippen molar-refractivity contribution in [3.8, 4) is 11.5 Å². The molecule has 3 aromatic carbocycles. The van der Waals surface area contributed by atoms with Gasteiger partial charge in [-0.15, -0.1) is 0 Å². The van der Waals surface area contributed by atoms with Crippen LogP contribution in [0.15, 0.2) is 72.8 Å². The molecule has 1 amide bonds. The highest BCUT2D eigenvalue weighted by molar-refractivity contribution is 6.42. The van der Waals surface area contributed by atoms with E-state index >= 15 is 0 Å². The summed E-state index contributed by atoms with van der Waals surface area (Å²) in [6, 6.07) is 20.4. The normalized spacial score (nSPS) is 11.5. The Balaban J connectivity index is 1.76. The Morgan fingerprint density at radius 2 is 1.63 bits per heavy atom. The molecule has 0 saturated heterocycles. The molecule has 0 aliphatic heterocycles. The lowest BCUT2D eigenvalue weighted by molar-refractivity contribution is -0.137. The van der Waals surface area contributed by atoms with Gasteiger partial charge in [0, 0.05) is 6.07 Å². The highest BCUT2D eigenvalue weighted by Crippen LogP contribution is 2.30. The molecular weight excluding hydrogens is 425 g/mol. The fraction of sp³-hybridized carbons (Fsp3) is 0.130. The van der Waals surface area contributed by atoms with E-state index in [9.17, 15) is 14.7 Å². The van der Waals surface area contributed by atoms with Gasteiger partial charge in [0.1, 0.15) is 11.5 Å². The van der Waals surface area contributed by atoms with E-state index in [2.05, 4.69) is 5.32 Å². The minimum atomic E-state index is -1.02. The average molecular weight is 444 g/mol. The van der Waals surface area contributed by atoms with Crippen LogP contribution in [0.2, 0.25) is 10.0 Å². The van der Waals surface area contributed by atoms with Gasteiger partial charge < -0.3 is 15.2 Å². The number of hydrogen-bond donors (Lipinski definition) is 2. The topological polar surface area (TPSA) is 75.6 Å². The van der Waals surface area contributed by atoms with E-state index in [0.29, 0.717) is 27.1 Å². The van der Waals surface area contributed by atoms with Gasteiger partial charge in [-0.3, -0.25) is 9.59 Å². The SMILES string of the molecule is O=C(O)CC(NC(=O)Cc1ccccc1)c1cccc(Oc2ccc(Cl)c(Cl)c2)c1. The third kappa shape index (κ3) is 6.24. The Bertz CT molecular complexity index is 1040. The first-order valence-electron chi connectivity index (χ1n) is 9.18. The second kappa shape index (κ2) is 10.1. The van der Waals surface area contributed by atoms with E-state index in [1.165, 1.54) is 0 Å². The Morgan fingerprint density at radius 1 is 0.900 bits per heavy atom. The number of hydrogen-bond acceptors (Lipinski definition) is 3. The summed E-state index contributed by atoms with van der Waals surface area (Å²) in [5.41, 5.74) is 1.47. The van der Waals surface area contributed by atoms with Gasteiger partial charge >= 0.3 is 5.97 Å². The molecule has 3 aromatic rings. The molecule has 0 fully saturated rings. The zero-order chi connectivity index (χ0) is 21.5. The number of benzene rings is 3. The number of carboxylic acids is 1. The maximum absolute atomic E-state index is 12.5. The number of halogens is 2. The van der Waals surface area contributed by atoms with Crippen molar-refractivity contribution >= 4 is 35.1 Å². The first-order chi connectivity index (χ1) is 14.4. The van der Waals surface area contributed by atoms with Gasteiger partial charge in [0.05, 0.1) is 28.9 Å². The van der Waals surface area contributed by atoms with Crippen LogP contribution in [-0.2, 0) is 16.0 Å². The van der Waals surface area contributed by atoms with Crippen molar-refractivity contribution in [3.63, 3.8) is 0 Å². The second-order valence-corrected chi connectivity index (χ2v) is 7.45. The predicted octanol–water partition coefficient (Wildman–Crippen LogP) is 5.66. The van der Waals surface area contributed by atoms with Crippen molar-refractivity contribution in [2.24, 2.45) is 0 Å². The van der Waals surface area contributed by atoms with Gasteiger partial charge in [-0.25, -0.2) is 0 Å². The molecule has 1 unspecified atom stereocenters. The largest absolute Gasteiger partial charge is 0.481 e. The monoisotopic (exact) mass is 443 g/mol. The number of amides is 1. The molecule has 3 rings (SSSR count). The molecule has 0 aliphatic carbocycles. The van der Waals surface area contributed by atoms with Crippen LogP contribution in [-0.4, -0.2) is 17.0 Å². The summed E-state index contributed by atoms with van der Waals surface area (Å²) in [6.45, 7) is 0. The molecule has 154 valence electrons. The van der Waals surface area contributed by atoms with E-state index in [1.54, 1.807) is 42.5 Å². The number of rotatable bonds is 8. The lowest BCUT2D eigenvalue weighted by atomic mass is 10.0. The fourth-order valence-electron chi connectivity index (χ4n) is 2.92. The maximum Gasteiger partial charge on any atom is 0.305 e. The van der Waals surface area contributed by atoms with Gasteiger partial charge in [0.15, 0.2) is 0 Å². The van der Waals surface area contributed by atoms with Crippen molar-refractivity contribution in [1.82, 2.24) is 5.32 Å². The molecule has 30 heavy (non-hydrogen) atoms. The van der Waals surface area contributed by atoms with Crippen molar-refractivity contribution in [2.75, 3.05) is 0 Å². The number of carbonyl (C=O) groups is 2. The second-order valence-electron chi connectivity index (χ2n) is 6.63. The Kier molecular flexibility index (Phi) is 7.33. The Labute approximate surface area is 184 Å². The van der Waals surface area contributed by atoms with Gasteiger partial charge in [0.2, 0.25) is 5.91 Å². The molecule has 0 saturated carbocycles. The summed E-state index contributed by atoms with van der Waals surface area (Å²) in [6.07, 6.45) is -0.0901. The first-order valence-corrected chi connectivity index (χ1v) is 9.94. The number of carboxylic acid groups (broad SMARTS) is 1. The van der Waals surface area contributed by atoms with Gasteiger partial charge in [0.25, 0.3) is 0 Å². The predicted molar refractivity (Wildman–Crippen MR) is 116 cm³/mol. The van der Waals surface area contributed by atoms with Crippen LogP contribution in [0.4, 0.5) is 0 Å². The molecule has 0 bridgehead atoms. The summed E-state index contributed by atoms with van der Waals surface area (Å²) in [5.74, 6) is -0.304. The van der Waals surface area contributed by atoms with Gasteiger partial charge in [-0.1, -0.05) is 65.7 Å². The molecular formula is C23H19Cl2NO4. The lowest BCUT2D eigenvalue weighted by Crippen LogP contribution is -2.31. The number of nitrogens with one attached hydrogen (secondary N) is 1. The molecule has 0 radical (unpaired) electrons. The minimum absolute atomic E-state index is 0.163. The zero-order valence-electron chi connectivity index (χ0n) is 15.8. The quantitative estimate of drug-likeness (QED) is 0.470. The molecule has 0 aliphatic rings. The van der Waals surface area contributed by atoms with E-state index in [4.69, 9.17) is 27.9 Å². The van der Waals surface area contributed by atoms with Crippen LogP contribution in [0.25, 0.3) is 0 Å². The molecule has 5 nitrogen and oxygen atoms in total. The van der Waals surface area contributed by atoms with Crippen LogP contribution in [0.1, 0.15) is 23.6 Å².